The van der Waals surface area contributed by atoms with Gasteiger partial charge in [0.1, 0.15) is 0 Å². The van der Waals surface area contributed by atoms with Crippen molar-refractivity contribution in [2.75, 3.05) is 0 Å². The van der Waals surface area contributed by atoms with Gasteiger partial charge in [0.2, 0.25) is 0 Å². The normalized spacial score (nSPS) is 22.8. The van der Waals surface area contributed by atoms with Gasteiger partial charge in [0, 0.05) is 29.3 Å². The van der Waals surface area contributed by atoms with E-state index in [1.54, 1.807) is 18.3 Å². The minimum atomic E-state index is -0.310. The van der Waals surface area contributed by atoms with E-state index in [1.165, 1.54) is 0 Å². The van der Waals surface area contributed by atoms with Gasteiger partial charge in [-0.2, -0.15) is 5.11 Å². The Hall–Kier alpha value is -2.89. The first kappa shape index (κ1) is 14.7. The Morgan fingerprint density at radius 3 is 3.04 bits per heavy atom. The summed E-state index contributed by atoms with van der Waals surface area (Å²) in [5.74, 6) is -0.413. The Labute approximate surface area is 138 Å². The van der Waals surface area contributed by atoms with Crippen LogP contribution in [0.15, 0.2) is 58.4 Å². The van der Waals surface area contributed by atoms with E-state index < -0.39 is 0 Å². The minimum Gasteiger partial charge on any atom is -0.349 e. The summed E-state index contributed by atoms with van der Waals surface area (Å²) in [4.78, 5) is 28.1. The second-order valence-corrected chi connectivity index (χ2v) is 6.15. The summed E-state index contributed by atoms with van der Waals surface area (Å²) < 4.78 is 0. The van der Waals surface area contributed by atoms with Crippen LogP contribution in [0, 0.1) is 0 Å². The van der Waals surface area contributed by atoms with Gasteiger partial charge in [-0.25, -0.2) is 0 Å². The molecule has 1 aliphatic carbocycles. The van der Waals surface area contributed by atoms with Crippen LogP contribution in [0.25, 0.3) is 10.9 Å². The number of hydrogen-bond donors (Lipinski definition) is 1. The molecule has 120 valence electrons. The number of amides is 2. The molecule has 6 nitrogen and oxygen atoms in total. The summed E-state index contributed by atoms with van der Waals surface area (Å²) in [6.45, 7) is 0. The van der Waals surface area contributed by atoms with Gasteiger partial charge in [0.15, 0.2) is 0 Å². The lowest BCUT2D eigenvalue weighted by molar-refractivity contribution is -0.114. The third kappa shape index (κ3) is 2.82. The highest BCUT2D eigenvalue weighted by atomic mass is 16.2. The molecular weight excluding hydrogens is 304 g/mol. The molecule has 1 saturated carbocycles. The lowest BCUT2D eigenvalue weighted by atomic mass is 9.86. The maximum absolute atomic E-state index is 12.5. The first-order valence-electron chi connectivity index (χ1n) is 8.00. The quantitative estimate of drug-likeness (QED) is 0.923. The lowest BCUT2D eigenvalue weighted by Gasteiger charge is -2.30. The van der Waals surface area contributed by atoms with Crippen molar-refractivity contribution in [2.24, 2.45) is 10.2 Å². The molecule has 0 saturated heterocycles. The van der Waals surface area contributed by atoms with Crippen LogP contribution < -0.4 is 5.32 Å². The molecule has 1 N–H and O–H groups in total. The summed E-state index contributed by atoms with van der Waals surface area (Å²) in [5.41, 5.74) is 2.45. The average Bonchev–Trinajstić information content (AvgIpc) is 2.61. The van der Waals surface area contributed by atoms with Crippen LogP contribution in [0.3, 0.4) is 0 Å². The van der Waals surface area contributed by atoms with Crippen molar-refractivity contribution in [3.05, 3.63) is 53.7 Å². The Balaban J connectivity index is 1.48. The van der Waals surface area contributed by atoms with Crippen LogP contribution in [0.4, 0.5) is 0 Å². The molecule has 24 heavy (non-hydrogen) atoms. The number of carbonyl (C=O) groups is 2. The van der Waals surface area contributed by atoms with Gasteiger partial charge in [-0.05, 0) is 49.1 Å². The Bertz CT molecular complexity index is 887. The summed E-state index contributed by atoms with van der Waals surface area (Å²) in [6.07, 6.45) is 5.57. The first-order valence-corrected chi connectivity index (χ1v) is 8.00. The number of azo groups is 1. The van der Waals surface area contributed by atoms with Crippen molar-refractivity contribution in [1.82, 2.24) is 10.3 Å². The van der Waals surface area contributed by atoms with Crippen molar-refractivity contribution < 1.29 is 9.59 Å². The number of benzene rings is 1. The largest absolute Gasteiger partial charge is 0.349 e. The van der Waals surface area contributed by atoms with Gasteiger partial charge in [0.05, 0.1) is 11.6 Å². The van der Waals surface area contributed by atoms with Crippen LogP contribution in [0.2, 0.25) is 0 Å². The van der Waals surface area contributed by atoms with E-state index in [0.717, 1.165) is 29.3 Å². The molecule has 0 bridgehead atoms. The topological polar surface area (TPSA) is 83.8 Å². The molecule has 2 unspecified atom stereocenters. The average molecular weight is 320 g/mol. The molecule has 4 rings (SSSR count). The zero-order valence-corrected chi connectivity index (χ0v) is 13.0. The third-order valence-corrected chi connectivity index (χ3v) is 4.50. The molecule has 1 fully saturated rings. The van der Waals surface area contributed by atoms with Gasteiger partial charge >= 0.3 is 0 Å². The van der Waals surface area contributed by atoms with Crippen LogP contribution >= 0.6 is 0 Å². The fourth-order valence-corrected chi connectivity index (χ4v) is 3.28. The number of carbonyl (C=O) groups excluding carboxylic acids is 2. The molecule has 2 aromatic rings. The van der Waals surface area contributed by atoms with Gasteiger partial charge in [0.25, 0.3) is 11.8 Å². The summed E-state index contributed by atoms with van der Waals surface area (Å²) >= 11 is 0. The Morgan fingerprint density at radius 1 is 1.21 bits per heavy atom. The van der Waals surface area contributed by atoms with Crippen LogP contribution in [-0.2, 0) is 4.79 Å². The zero-order chi connectivity index (χ0) is 16.5. The number of fused-ring (bicyclic) bond motifs is 2. The van der Waals surface area contributed by atoms with Crippen molar-refractivity contribution >= 4 is 22.7 Å². The SMILES string of the molecule is O=C1C=C2CC(NC(=O)c3ccc4ncccc4c3)CCC2N=N1. The molecule has 0 radical (unpaired) electrons. The molecule has 1 aromatic heterocycles. The van der Waals surface area contributed by atoms with Gasteiger partial charge in [-0.15, -0.1) is 5.11 Å². The van der Waals surface area contributed by atoms with Crippen LogP contribution in [0.5, 0.6) is 0 Å². The van der Waals surface area contributed by atoms with Gasteiger partial charge in [-0.1, -0.05) is 6.07 Å². The summed E-state index contributed by atoms with van der Waals surface area (Å²) in [7, 11) is 0. The molecule has 6 heteroatoms. The highest BCUT2D eigenvalue weighted by Crippen LogP contribution is 2.29. The first-order chi connectivity index (χ1) is 11.7. The van der Waals surface area contributed by atoms with E-state index in [2.05, 4.69) is 20.5 Å². The van der Waals surface area contributed by atoms with Crippen molar-refractivity contribution in [2.45, 2.75) is 31.3 Å². The summed E-state index contributed by atoms with van der Waals surface area (Å²) in [5, 5.41) is 11.6. The highest BCUT2D eigenvalue weighted by molar-refractivity contribution is 5.98. The molecule has 2 aliphatic rings. The predicted octanol–water partition coefficient (Wildman–Crippen LogP) is 2.80. The highest BCUT2D eigenvalue weighted by Gasteiger charge is 2.29. The maximum atomic E-state index is 12.5. The molecule has 2 atom stereocenters. The van der Waals surface area contributed by atoms with E-state index >= 15 is 0 Å². The van der Waals surface area contributed by atoms with Crippen LogP contribution in [-0.4, -0.2) is 28.9 Å². The molecular formula is C18H16N4O2. The second-order valence-electron chi connectivity index (χ2n) is 6.15. The number of rotatable bonds is 2. The fourth-order valence-electron chi connectivity index (χ4n) is 3.28. The number of nitrogens with one attached hydrogen (secondary N) is 1. The lowest BCUT2D eigenvalue weighted by Crippen LogP contribution is -2.39. The van der Waals surface area contributed by atoms with E-state index in [-0.39, 0.29) is 23.9 Å². The smallest absolute Gasteiger partial charge is 0.287 e. The maximum Gasteiger partial charge on any atom is 0.287 e. The predicted molar refractivity (Wildman–Crippen MR) is 88.6 cm³/mol. The standard InChI is InChI=1S/C18H16N4O2/c23-17-10-13-9-14(4-6-16(13)21-22-17)20-18(24)12-3-5-15-11(8-12)2-1-7-19-15/h1-3,5,7-8,10,14,16H,4,6,9H2,(H,20,24). The fraction of sp³-hybridized carbons (Fsp3) is 0.278. The van der Waals surface area contributed by atoms with Gasteiger partial charge in [-0.3, -0.25) is 14.6 Å². The third-order valence-electron chi connectivity index (χ3n) is 4.50. The number of pyridine rings is 1. The molecule has 2 amide bonds. The monoisotopic (exact) mass is 320 g/mol. The molecule has 0 spiro atoms. The Morgan fingerprint density at radius 2 is 2.12 bits per heavy atom. The van der Waals surface area contributed by atoms with Crippen molar-refractivity contribution in [1.29, 1.82) is 0 Å². The Kier molecular flexibility index (Phi) is 3.65. The summed E-state index contributed by atoms with van der Waals surface area (Å²) in [6, 6.07) is 9.30. The van der Waals surface area contributed by atoms with Crippen molar-refractivity contribution in [3.63, 3.8) is 0 Å². The molecule has 1 aromatic carbocycles. The number of aromatic nitrogens is 1. The van der Waals surface area contributed by atoms with Crippen LogP contribution in [0.1, 0.15) is 29.6 Å². The van der Waals surface area contributed by atoms with E-state index in [9.17, 15) is 9.59 Å². The van der Waals surface area contributed by atoms with Crippen molar-refractivity contribution in [3.8, 4) is 0 Å². The van der Waals surface area contributed by atoms with E-state index in [1.807, 2.05) is 24.3 Å². The zero-order valence-electron chi connectivity index (χ0n) is 13.0. The minimum absolute atomic E-state index is 0.00240. The van der Waals surface area contributed by atoms with E-state index in [4.69, 9.17) is 0 Å². The van der Waals surface area contributed by atoms with E-state index in [0.29, 0.717) is 12.0 Å². The number of hydrogen-bond acceptors (Lipinski definition) is 4. The molecule has 2 heterocycles. The van der Waals surface area contributed by atoms with Gasteiger partial charge < -0.3 is 5.32 Å². The molecule has 1 aliphatic heterocycles. The number of nitrogens with zero attached hydrogens (tertiary/aromatic N) is 3. The second kappa shape index (κ2) is 5.96.